The molecule has 82 valence electrons. The van der Waals surface area contributed by atoms with E-state index in [-0.39, 0.29) is 18.0 Å². The summed E-state index contributed by atoms with van der Waals surface area (Å²) in [5.74, 6) is 0.0938. The summed E-state index contributed by atoms with van der Waals surface area (Å²) in [4.78, 5) is 11.6. The lowest BCUT2D eigenvalue weighted by Crippen LogP contribution is -2.06. The summed E-state index contributed by atoms with van der Waals surface area (Å²) in [5, 5.41) is 9.83. The van der Waals surface area contributed by atoms with E-state index in [1.807, 2.05) is 18.2 Å². The Morgan fingerprint density at radius 3 is 2.56 bits per heavy atom. The van der Waals surface area contributed by atoms with Crippen LogP contribution in [-0.4, -0.2) is 10.9 Å². The van der Waals surface area contributed by atoms with Gasteiger partial charge in [-0.05, 0) is 17.7 Å². The maximum Gasteiger partial charge on any atom is 0.200 e. The summed E-state index contributed by atoms with van der Waals surface area (Å²) in [6.45, 7) is 0. The number of rotatable bonds is 4. The van der Waals surface area contributed by atoms with Crippen molar-refractivity contribution in [2.45, 2.75) is 12.5 Å². The number of hydrogen-bond acceptors (Lipinski definition) is 3. The molecule has 0 fully saturated rings. The van der Waals surface area contributed by atoms with E-state index < -0.39 is 6.10 Å². The molecule has 2 aromatic rings. The second-order valence-electron chi connectivity index (χ2n) is 3.53. The molecule has 16 heavy (non-hydrogen) atoms. The van der Waals surface area contributed by atoms with Crippen LogP contribution < -0.4 is 0 Å². The van der Waals surface area contributed by atoms with Crippen molar-refractivity contribution >= 4 is 5.78 Å². The van der Waals surface area contributed by atoms with Crippen LogP contribution in [-0.2, 0) is 0 Å². The van der Waals surface area contributed by atoms with E-state index in [4.69, 9.17) is 4.42 Å². The lowest BCUT2D eigenvalue weighted by molar-refractivity contribution is 0.0853. The van der Waals surface area contributed by atoms with Gasteiger partial charge in [-0.1, -0.05) is 30.3 Å². The average molecular weight is 216 g/mol. The fourth-order valence-corrected chi connectivity index (χ4v) is 1.51. The third kappa shape index (κ3) is 2.38. The molecule has 0 saturated carbocycles. The molecule has 0 bridgehead atoms. The molecular formula is C13H12O3. The second kappa shape index (κ2) is 4.77. The summed E-state index contributed by atoms with van der Waals surface area (Å²) in [7, 11) is 0. The highest BCUT2D eigenvalue weighted by Crippen LogP contribution is 2.18. The van der Waals surface area contributed by atoms with Gasteiger partial charge in [0.1, 0.15) is 0 Å². The van der Waals surface area contributed by atoms with E-state index in [1.165, 1.54) is 6.26 Å². The van der Waals surface area contributed by atoms with E-state index in [1.54, 1.807) is 24.3 Å². The topological polar surface area (TPSA) is 50.4 Å². The van der Waals surface area contributed by atoms with Gasteiger partial charge in [0.15, 0.2) is 5.76 Å². The van der Waals surface area contributed by atoms with Crippen LogP contribution in [0.25, 0.3) is 0 Å². The van der Waals surface area contributed by atoms with Gasteiger partial charge in [0.2, 0.25) is 5.78 Å². The first-order valence-corrected chi connectivity index (χ1v) is 5.07. The Balaban J connectivity index is 2.03. The van der Waals surface area contributed by atoms with Crippen molar-refractivity contribution in [2.75, 3.05) is 0 Å². The number of Topliss-reactive ketones (excluding diaryl/α,β-unsaturated/α-hetero) is 1. The minimum Gasteiger partial charge on any atom is -0.461 e. The van der Waals surface area contributed by atoms with Gasteiger partial charge < -0.3 is 9.52 Å². The number of furan rings is 1. The van der Waals surface area contributed by atoms with E-state index >= 15 is 0 Å². The van der Waals surface area contributed by atoms with Gasteiger partial charge in [0.25, 0.3) is 0 Å². The number of hydrogen-bond donors (Lipinski definition) is 1. The predicted octanol–water partition coefficient (Wildman–Crippen LogP) is 2.59. The first-order chi connectivity index (χ1) is 7.77. The van der Waals surface area contributed by atoms with Crippen molar-refractivity contribution in [3.05, 3.63) is 60.1 Å². The largest absolute Gasteiger partial charge is 0.461 e. The summed E-state index contributed by atoms with van der Waals surface area (Å²) in [5.41, 5.74) is 0.738. The van der Waals surface area contributed by atoms with E-state index in [0.29, 0.717) is 0 Å². The molecule has 1 heterocycles. The SMILES string of the molecule is O=C(C[C@H](O)c1ccccc1)c1ccco1. The smallest absolute Gasteiger partial charge is 0.200 e. The standard InChI is InChI=1S/C13H12O3/c14-11(10-5-2-1-3-6-10)9-12(15)13-7-4-8-16-13/h1-8,11,14H,9H2/t11-/m0/s1. The lowest BCUT2D eigenvalue weighted by Gasteiger charge is -2.08. The molecule has 0 radical (unpaired) electrons. The zero-order valence-corrected chi connectivity index (χ0v) is 8.67. The molecule has 0 unspecified atom stereocenters. The normalized spacial score (nSPS) is 12.3. The summed E-state index contributed by atoms with van der Waals surface area (Å²) in [6, 6.07) is 12.4. The average Bonchev–Trinajstić information content (AvgIpc) is 2.83. The van der Waals surface area contributed by atoms with Crippen LogP contribution in [0.5, 0.6) is 0 Å². The molecule has 0 saturated heterocycles. The molecule has 0 spiro atoms. The van der Waals surface area contributed by atoms with Gasteiger partial charge in [-0.2, -0.15) is 0 Å². The van der Waals surface area contributed by atoms with E-state index in [9.17, 15) is 9.90 Å². The molecule has 1 aromatic carbocycles. The second-order valence-corrected chi connectivity index (χ2v) is 3.53. The number of aliphatic hydroxyl groups is 1. The highest BCUT2D eigenvalue weighted by atomic mass is 16.3. The van der Waals surface area contributed by atoms with Crippen molar-refractivity contribution in [2.24, 2.45) is 0 Å². The molecule has 3 nitrogen and oxygen atoms in total. The van der Waals surface area contributed by atoms with Crippen molar-refractivity contribution in [1.29, 1.82) is 0 Å². The van der Waals surface area contributed by atoms with Crippen LogP contribution in [0.1, 0.15) is 28.6 Å². The molecule has 0 aliphatic heterocycles. The van der Waals surface area contributed by atoms with Crippen molar-refractivity contribution < 1.29 is 14.3 Å². The Bertz CT molecular complexity index is 445. The molecule has 0 amide bonds. The zero-order valence-electron chi connectivity index (χ0n) is 8.67. The van der Waals surface area contributed by atoms with Gasteiger partial charge in [-0.3, -0.25) is 4.79 Å². The number of benzene rings is 1. The molecule has 1 atom stereocenters. The van der Waals surface area contributed by atoms with Gasteiger partial charge in [-0.15, -0.1) is 0 Å². The Hall–Kier alpha value is -1.87. The maximum atomic E-state index is 11.6. The fraction of sp³-hybridized carbons (Fsp3) is 0.154. The first kappa shape index (κ1) is 10.6. The lowest BCUT2D eigenvalue weighted by atomic mass is 10.0. The van der Waals surface area contributed by atoms with Gasteiger partial charge in [-0.25, -0.2) is 0 Å². The molecule has 2 rings (SSSR count). The Kier molecular flexibility index (Phi) is 3.17. The number of carbonyl (C=O) groups is 1. The Labute approximate surface area is 93.3 Å². The van der Waals surface area contributed by atoms with Crippen LogP contribution in [0.3, 0.4) is 0 Å². The molecule has 1 N–H and O–H groups in total. The number of ketones is 1. The van der Waals surface area contributed by atoms with Crippen LogP contribution >= 0.6 is 0 Å². The van der Waals surface area contributed by atoms with Gasteiger partial charge in [0, 0.05) is 6.42 Å². The summed E-state index contributed by atoms with van der Waals surface area (Å²) in [6.07, 6.45) is 0.707. The minimum atomic E-state index is -0.779. The van der Waals surface area contributed by atoms with Crippen LogP contribution in [0.2, 0.25) is 0 Å². The summed E-state index contributed by atoms with van der Waals surface area (Å²) < 4.78 is 4.97. The van der Waals surface area contributed by atoms with Crippen molar-refractivity contribution in [1.82, 2.24) is 0 Å². The highest BCUT2D eigenvalue weighted by Gasteiger charge is 2.15. The molecule has 0 aliphatic carbocycles. The van der Waals surface area contributed by atoms with Crippen LogP contribution in [0, 0.1) is 0 Å². The number of aliphatic hydroxyl groups excluding tert-OH is 1. The molecule has 0 aliphatic rings. The molecule has 3 heteroatoms. The molecular weight excluding hydrogens is 204 g/mol. The maximum absolute atomic E-state index is 11.6. The third-order valence-corrected chi connectivity index (χ3v) is 2.36. The van der Waals surface area contributed by atoms with Crippen molar-refractivity contribution in [3.8, 4) is 0 Å². The third-order valence-electron chi connectivity index (χ3n) is 2.36. The van der Waals surface area contributed by atoms with Crippen LogP contribution in [0.15, 0.2) is 53.1 Å². The quantitative estimate of drug-likeness (QED) is 0.799. The Morgan fingerprint density at radius 1 is 1.19 bits per heavy atom. The first-order valence-electron chi connectivity index (χ1n) is 5.07. The summed E-state index contributed by atoms with van der Waals surface area (Å²) >= 11 is 0. The number of carbonyl (C=O) groups excluding carboxylic acids is 1. The predicted molar refractivity (Wildman–Crippen MR) is 59.1 cm³/mol. The fourth-order valence-electron chi connectivity index (χ4n) is 1.51. The zero-order chi connectivity index (χ0) is 11.4. The Morgan fingerprint density at radius 2 is 1.94 bits per heavy atom. The van der Waals surface area contributed by atoms with E-state index in [0.717, 1.165) is 5.56 Å². The van der Waals surface area contributed by atoms with Crippen LogP contribution in [0.4, 0.5) is 0 Å². The van der Waals surface area contributed by atoms with Crippen molar-refractivity contribution in [3.63, 3.8) is 0 Å². The van der Waals surface area contributed by atoms with Gasteiger partial charge >= 0.3 is 0 Å². The highest BCUT2D eigenvalue weighted by molar-refractivity contribution is 5.93. The monoisotopic (exact) mass is 216 g/mol. The minimum absolute atomic E-state index is 0.0392. The molecule has 1 aromatic heterocycles. The van der Waals surface area contributed by atoms with E-state index in [2.05, 4.69) is 0 Å². The van der Waals surface area contributed by atoms with Gasteiger partial charge in [0.05, 0.1) is 12.4 Å².